The van der Waals surface area contributed by atoms with Gasteiger partial charge in [0.1, 0.15) is 0 Å². The maximum absolute atomic E-state index is 12.8. The van der Waals surface area contributed by atoms with Crippen LogP contribution in [0.1, 0.15) is 31.1 Å². The minimum Gasteiger partial charge on any atom is -0.450 e. The highest BCUT2D eigenvalue weighted by atomic mass is 16.6. The largest absolute Gasteiger partial charge is 0.450 e. The Kier molecular flexibility index (Phi) is 6.93. The summed E-state index contributed by atoms with van der Waals surface area (Å²) in [4.78, 5) is 50.8. The highest BCUT2D eigenvalue weighted by Crippen LogP contribution is 2.23. The summed E-state index contributed by atoms with van der Waals surface area (Å²) in [7, 11) is 0. The van der Waals surface area contributed by atoms with Gasteiger partial charge in [0, 0.05) is 0 Å². The molecule has 0 aromatic heterocycles. The molecule has 7 heteroatoms. The Balaban J connectivity index is 1.61. The Morgan fingerprint density at radius 1 is 0.559 bits per heavy atom. The van der Waals surface area contributed by atoms with Crippen LogP contribution in [0.15, 0.2) is 103 Å². The van der Waals surface area contributed by atoms with Gasteiger partial charge in [-0.1, -0.05) is 54.6 Å². The molecule has 0 spiro atoms. The third kappa shape index (κ3) is 5.27. The quantitative estimate of drug-likeness (QED) is 0.411. The molecule has 0 saturated carbocycles. The normalized spacial score (nSPS) is 19.2. The Hall–Kier alpha value is -4.52. The third-order valence-corrected chi connectivity index (χ3v) is 5.10. The number of carbonyl (C=O) groups excluding carboxylic acids is 4. The molecule has 0 saturated heterocycles. The van der Waals surface area contributed by atoms with E-state index in [0.717, 1.165) is 6.08 Å². The molecule has 0 aliphatic heterocycles. The lowest BCUT2D eigenvalue weighted by Crippen LogP contribution is -2.50. The first-order valence-corrected chi connectivity index (χ1v) is 10.5. The number of esters is 3. The summed E-state index contributed by atoms with van der Waals surface area (Å²) in [6.45, 7) is 0. The van der Waals surface area contributed by atoms with Gasteiger partial charge in [0.25, 0.3) is 0 Å². The molecule has 0 bridgehead atoms. The highest BCUT2D eigenvalue weighted by molar-refractivity contribution is 5.99. The summed E-state index contributed by atoms with van der Waals surface area (Å²) in [5.41, 5.74) is 0.723. The maximum Gasteiger partial charge on any atom is 0.338 e. The van der Waals surface area contributed by atoms with Gasteiger partial charge in [-0.15, -0.1) is 0 Å². The molecule has 4 rings (SSSR count). The molecule has 0 heterocycles. The van der Waals surface area contributed by atoms with Crippen LogP contribution in [-0.4, -0.2) is 42.0 Å². The van der Waals surface area contributed by atoms with Gasteiger partial charge in [0.05, 0.1) is 16.7 Å². The van der Waals surface area contributed by atoms with E-state index < -0.39 is 42.0 Å². The third-order valence-electron chi connectivity index (χ3n) is 5.10. The van der Waals surface area contributed by atoms with Gasteiger partial charge in [-0.2, -0.15) is 0 Å². The van der Waals surface area contributed by atoms with Crippen LogP contribution >= 0.6 is 0 Å². The minimum atomic E-state index is -1.50. The average molecular weight is 456 g/mol. The van der Waals surface area contributed by atoms with Gasteiger partial charge >= 0.3 is 17.9 Å². The fraction of sp³-hybridized carbons (Fsp3) is 0.111. The fourth-order valence-electron chi connectivity index (χ4n) is 3.38. The first-order valence-electron chi connectivity index (χ1n) is 10.5. The van der Waals surface area contributed by atoms with Crippen molar-refractivity contribution in [2.45, 2.75) is 18.3 Å². The number of benzene rings is 3. The zero-order valence-electron chi connectivity index (χ0n) is 17.9. The first kappa shape index (κ1) is 22.7. The van der Waals surface area contributed by atoms with E-state index in [0.29, 0.717) is 0 Å². The Labute approximate surface area is 195 Å². The van der Waals surface area contributed by atoms with E-state index in [9.17, 15) is 19.2 Å². The predicted molar refractivity (Wildman–Crippen MR) is 121 cm³/mol. The van der Waals surface area contributed by atoms with Crippen molar-refractivity contribution in [2.75, 3.05) is 0 Å². The van der Waals surface area contributed by atoms with E-state index in [1.807, 2.05) is 0 Å². The lowest BCUT2D eigenvalue weighted by molar-refractivity contribution is -0.136. The summed E-state index contributed by atoms with van der Waals surface area (Å²) in [5, 5.41) is 0. The number of hydrogen-bond acceptors (Lipinski definition) is 7. The summed E-state index contributed by atoms with van der Waals surface area (Å²) in [6, 6.07) is 24.5. The lowest BCUT2D eigenvalue weighted by Gasteiger charge is -2.32. The topological polar surface area (TPSA) is 96.0 Å². The molecule has 0 amide bonds. The van der Waals surface area contributed by atoms with Crippen LogP contribution < -0.4 is 0 Å². The van der Waals surface area contributed by atoms with Crippen molar-refractivity contribution in [1.82, 2.24) is 0 Å². The minimum absolute atomic E-state index is 0.218. The smallest absolute Gasteiger partial charge is 0.338 e. The zero-order valence-corrected chi connectivity index (χ0v) is 17.9. The van der Waals surface area contributed by atoms with E-state index in [2.05, 4.69) is 0 Å². The molecule has 1 aliphatic carbocycles. The van der Waals surface area contributed by atoms with Gasteiger partial charge in [0.2, 0.25) is 6.10 Å². The molecule has 34 heavy (non-hydrogen) atoms. The maximum atomic E-state index is 12.8. The molecule has 0 fully saturated rings. The number of ketones is 1. The summed E-state index contributed by atoms with van der Waals surface area (Å²) < 4.78 is 16.6. The lowest BCUT2D eigenvalue weighted by atomic mass is 9.96. The second-order valence-electron chi connectivity index (χ2n) is 7.43. The van der Waals surface area contributed by atoms with Crippen LogP contribution in [0.5, 0.6) is 0 Å². The van der Waals surface area contributed by atoms with Crippen molar-refractivity contribution in [3.63, 3.8) is 0 Å². The first-order chi connectivity index (χ1) is 16.5. The second-order valence-corrected chi connectivity index (χ2v) is 7.43. The molecular formula is C27H20O7. The van der Waals surface area contributed by atoms with E-state index in [-0.39, 0.29) is 16.7 Å². The summed E-state index contributed by atoms with van der Waals surface area (Å²) >= 11 is 0. The molecule has 0 N–H and O–H groups in total. The van der Waals surface area contributed by atoms with E-state index >= 15 is 0 Å². The van der Waals surface area contributed by atoms with E-state index in [4.69, 9.17) is 14.2 Å². The van der Waals surface area contributed by atoms with Crippen LogP contribution in [0.4, 0.5) is 0 Å². The second kappa shape index (κ2) is 10.4. The molecule has 170 valence electrons. The SMILES string of the molecule is O=C(OC1C=CC(=O)C(OC(=O)c2ccccc2)C1OC(=O)c1ccccc1)c1ccccc1. The van der Waals surface area contributed by atoms with Gasteiger partial charge in [-0.25, -0.2) is 14.4 Å². The summed E-state index contributed by atoms with van der Waals surface area (Å²) in [5.74, 6) is -2.81. The monoisotopic (exact) mass is 456 g/mol. The van der Waals surface area contributed by atoms with Gasteiger partial charge in [-0.05, 0) is 48.6 Å². The van der Waals surface area contributed by atoms with Crippen LogP contribution in [0.2, 0.25) is 0 Å². The Morgan fingerprint density at radius 3 is 1.44 bits per heavy atom. The van der Waals surface area contributed by atoms with Crippen molar-refractivity contribution >= 4 is 23.7 Å². The standard InChI is InChI=1S/C27H20O7/c28-21-16-17-22(32-25(29)18-10-4-1-5-11-18)24(34-27(31)20-14-8-3-9-15-20)23(21)33-26(30)19-12-6-2-7-13-19/h1-17,22-24H. The zero-order chi connectivity index (χ0) is 23.9. The molecule has 1 aliphatic rings. The molecule has 3 atom stereocenters. The van der Waals surface area contributed by atoms with Crippen LogP contribution in [0.3, 0.4) is 0 Å². The number of hydrogen-bond donors (Lipinski definition) is 0. The van der Waals surface area contributed by atoms with Crippen molar-refractivity contribution in [3.8, 4) is 0 Å². The van der Waals surface area contributed by atoms with Crippen molar-refractivity contribution in [2.24, 2.45) is 0 Å². The molecule has 0 radical (unpaired) electrons. The van der Waals surface area contributed by atoms with Crippen molar-refractivity contribution in [1.29, 1.82) is 0 Å². The molecule has 7 nitrogen and oxygen atoms in total. The average Bonchev–Trinajstić information content (AvgIpc) is 2.89. The molecule has 3 aromatic rings. The number of carbonyl (C=O) groups is 4. The van der Waals surface area contributed by atoms with Crippen molar-refractivity contribution < 1.29 is 33.4 Å². The molecule has 3 unspecified atom stereocenters. The van der Waals surface area contributed by atoms with Crippen LogP contribution in [0.25, 0.3) is 0 Å². The predicted octanol–water partition coefficient (Wildman–Crippen LogP) is 3.80. The van der Waals surface area contributed by atoms with Gasteiger partial charge in [-0.3, -0.25) is 4.79 Å². The highest BCUT2D eigenvalue weighted by Gasteiger charge is 2.43. The van der Waals surface area contributed by atoms with Crippen LogP contribution in [-0.2, 0) is 19.0 Å². The fourth-order valence-corrected chi connectivity index (χ4v) is 3.38. The van der Waals surface area contributed by atoms with Crippen LogP contribution in [0, 0.1) is 0 Å². The van der Waals surface area contributed by atoms with Gasteiger partial charge < -0.3 is 14.2 Å². The Bertz CT molecular complexity index is 1200. The van der Waals surface area contributed by atoms with Crippen molar-refractivity contribution in [3.05, 3.63) is 120 Å². The molecule has 3 aromatic carbocycles. The molecular weight excluding hydrogens is 436 g/mol. The summed E-state index contributed by atoms with van der Waals surface area (Å²) in [6.07, 6.45) is -1.58. The Morgan fingerprint density at radius 2 is 0.971 bits per heavy atom. The van der Waals surface area contributed by atoms with E-state index in [1.54, 1.807) is 78.9 Å². The number of rotatable bonds is 6. The van der Waals surface area contributed by atoms with Gasteiger partial charge in [0.15, 0.2) is 18.0 Å². The number of ether oxygens (including phenoxy) is 3. The van der Waals surface area contributed by atoms with E-state index in [1.165, 1.54) is 18.2 Å².